The summed E-state index contributed by atoms with van der Waals surface area (Å²) in [5.41, 5.74) is 6.65. The largest absolute Gasteiger partial charge is 0.481 e. The number of benzene rings is 1. The van der Waals surface area contributed by atoms with Gasteiger partial charge in [-0.1, -0.05) is 30.3 Å². The number of carboxylic acid groups (broad SMARTS) is 1. The van der Waals surface area contributed by atoms with Crippen LogP contribution in [0.25, 0.3) is 0 Å². The molecule has 0 spiro atoms. The number of carboxylic acids is 1. The second-order valence-corrected chi connectivity index (χ2v) is 5.11. The van der Waals surface area contributed by atoms with Crippen molar-refractivity contribution in [3.05, 3.63) is 35.9 Å². The van der Waals surface area contributed by atoms with Gasteiger partial charge in [0.2, 0.25) is 5.91 Å². The number of amides is 1. The van der Waals surface area contributed by atoms with Gasteiger partial charge in [-0.15, -0.1) is 0 Å². The van der Waals surface area contributed by atoms with E-state index in [9.17, 15) is 9.59 Å². The van der Waals surface area contributed by atoms with Crippen LogP contribution in [0.15, 0.2) is 30.3 Å². The van der Waals surface area contributed by atoms with Crippen molar-refractivity contribution < 1.29 is 14.7 Å². The lowest BCUT2D eigenvalue weighted by Gasteiger charge is -2.26. The van der Waals surface area contributed by atoms with Gasteiger partial charge < -0.3 is 15.7 Å². The normalized spacial score (nSPS) is 15.7. The fraction of sp³-hybridized carbons (Fsp3) is 0.467. The second-order valence-electron chi connectivity index (χ2n) is 5.11. The lowest BCUT2D eigenvalue weighted by Crippen LogP contribution is -2.40. The summed E-state index contributed by atoms with van der Waals surface area (Å²) in [6, 6.07) is 9.62. The maximum absolute atomic E-state index is 12.6. The molecule has 1 amide bonds. The van der Waals surface area contributed by atoms with Crippen molar-refractivity contribution in [2.45, 2.75) is 31.2 Å². The summed E-state index contributed by atoms with van der Waals surface area (Å²) < 4.78 is 0. The van der Waals surface area contributed by atoms with Gasteiger partial charge in [0, 0.05) is 19.1 Å². The number of carbonyl (C=O) groups is 2. The minimum absolute atomic E-state index is 0.0195. The van der Waals surface area contributed by atoms with Gasteiger partial charge in [0.15, 0.2) is 0 Å². The molecule has 1 unspecified atom stereocenters. The van der Waals surface area contributed by atoms with Crippen LogP contribution in [0.5, 0.6) is 0 Å². The summed E-state index contributed by atoms with van der Waals surface area (Å²) in [5.74, 6) is -1.32. The van der Waals surface area contributed by atoms with E-state index in [1.807, 2.05) is 30.3 Å². The van der Waals surface area contributed by atoms with E-state index >= 15 is 0 Å². The van der Waals surface area contributed by atoms with Crippen LogP contribution in [0.2, 0.25) is 0 Å². The molecule has 20 heavy (non-hydrogen) atoms. The molecule has 1 aliphatic rings. The predicted molar refractivity (Wildman–Crippen MR) is 75.2 cm³/mol. The molecule has 1 atom stereocenters. The number of carbonyl (C=O) groups excluding carboxylic acids is 1. The van der Waals surface area contributed by atoms with Crippen molar-refractivity contribution in [3.8, 4) is 0 Å². The van der Waals surface area contributed by atoms with Crippen molar-refractivity contribution in [1.29, 1.82) is 0 Å². The summed E-state index contributed by atoms with van der Waals surface area (Å²) in [7, 11) is 0. The van der Waals surface area contributed by atoms with Gasteiger partial charge in [-0.05, 0) is 18.4 Å². The molecule has 1 saturated carbocycles. The van der Waals surface area contributed by atoms with Crippen LogP contribution < -0.4 is 5.73 Å². The van der Waals surface area contributed by atoms with Crippen LogP contribution in [0.4, 0.5) is 0 Å². The molecule has 1 aromatic rings. The highest BCUT2D eigenvalue weighted by molar-refractivity contribution is 5.85. The third-order valence-corrected chi connectivity index (χ3v) is 3.57. The summed E-state index contributed by atoms with van der Waals surface area (Å²) >= 11 is 0. The van der Waals surface area contributed by atoms with Crippen LogP contribution in [-0.4, -0.2) is 41.0 Å². The Morgan fingerprint density at radius 2 is 1.95 bits per heavy atom. The van der Waals surface area contributed by atoms with Gasteiger partial charge in [-0.2, -0.15) is 0 Å². The summed E-state index contributed by atoms with van der Waals surface area (Å²) in [6.07, 6.45) is 1.89. The molecule has 0 radical (unpaired) electrons. The third kappa shape index (κ3) is 3.57. The highest BCUT2D eigenvalue weighted by atomic mass is 16.4. The first-order chi connectivity index (χ1) is 9.63. The quantitative estimate of drug-likeness (QED) is 0.783. The van der Waals surface area contributed by atoms with Gasteiger partial charge in [-0.25, -0.2) is 0 Å². The summed E-state index contributed by atoms with van der Waals surface area (Å²) in [4.78, 5) is 25.0. The molecular formula is C15H20N2O3. The predicted octanol–water partition coefficient (Wildman–Crippen LogP) is 1.19. The molecule has 5 nitrogen and oxygen atoms in total. The Bertz CT molecular complexity index is 471. The lowest BCUT2D eigenvalue weighted by atomic mass is 9.97. The Labute approximate surface area is 118 Å². The van der Waals surface area contributed by atoms with Crippen molar-refractivity contribution >= 4 is 11.9 Å². The maximum atomic E-state index is 12.6. The zero-order chi connectivity index (χ0) is 14.5. The van der Waals surface area contributed by atoms with Gasteiger partial charge in [-0.3, -0.25) is 9.59 Å². The second kappa shape index (κ2) is 6.52. The Hall–Kier alpha value is -1.88. The molecule has 5 heteroatoms. The molecular weight excluding hydrogens is 256 g/mol. The van der Waals surface area contributed by atoms with E-state index in [1.54, 1.807) is 4.90 Å². The number of aliphatic carboxylic acids is 1. The molecule has 2 rings (SSSR count). The zero-order valence-corrected chi connectivity index (χ0v) is 11.4. The first-order valence-corrected chi connectivity index (χ1v) is 6.90. The van der Waals surface area contributed by atoms with Crippen LogP contribution in [-0.2, 0) is 9.59 Å². The van der Waals surface area contributed by atoms with Crippen molar-refractivity contribution in [3.63, 3.8) is 0 Å². The van der Waals surface area contributed by atoms with Crippen molar-refractivity contribution in [2.24, 2.45) is 5.73 Å². The van der Waals surface area contributed by atoms with Gasteiger partial charge >= 0.3 is 5.97 Å². The fourth-order valence-corrected chi connectivity index (χ4v) is 2.34. The average molecular weight is 276 g/mol. The molecule has 1 fully saturated rings. The van der Waals surface area contributed by atoms with Gasteiger partial charge in [0.05, 0.1) is 12.3 Å². The fourth-order valence-electron chi connectivity index (χ4n) is 2.34. The smallest absolute Gasteiger partial charge is 0.305 e. The van der Waals surface area contributed by atoms with Crippen molar-refractivity contribution in [1.82, 2.24) is 4.90 Å². The van der Waals surface area contributed by atoms with E-state index in [0.717, 1.165) is 18.4 Å². The summed E-state index contributed by atoms with van der Waals surface area (Å²) in [6.45, 7) is 0.501. The molecule has 1 aliphatic carbocycles. The van der Waals surface area contributed by atoms with E-state index in [-0.39, 0.29) is 37.4 Å². The summed E-state index contributed by atoms with van der Waals surface area (Å²) in [5, 5.41) is 8.80. The molecule has 3 N–H and O–H groups in total. The van der Waals surface area contributed by atoms with E-state index in [0.29, 0.717) is 0 Å². The third-order valence-electron chi connectivity index (χ3n) is 3.57. The molecule has 108 valence electrons. The molecule has 0 heterocycles. The Morgan fingerprint density at radius 3 is 2.45 bits per heavy atom. The Kier molecular flexibility index (Phi) is 4.74. The molecule has 0 aromatic heterocycles. The highest BCUT2D eigenvalue weighted by Crippen LogP contribution is 2.30. The van der Waals surface area contributed by atoms with Crippen LogP contribution in [0, 0.1) is 0 Å². The Balaban J connectivity index is 2.10. The van der Waals surface area contributed by atoms with Gasteiger partial charge in [0.1, 0.15) is 0 Å². The van der Waals surface area contributed by atoms with Gasteiger partial charge in [0.25, 0.3) is 0 Å². The standard InChI is InChI=1S/C15H20N2O3/c16-10-13(11-4-2-1-3-5-11)15(20)17(12-6-7-12)9-8-14(18)19/h1-5,12-13H,6-10,16H2,(H,18,19). The SMILES string of the molecule is NCC(C(=O)N(CCC(=O)O)C1CC1)c1ccccc1. The number of nitrogens with zero attached hydrogens (tertiary/aromatic N) is 1. The first kappa shape index (κ1) is 14.5. The van der Waals surface area contributed by atoms with Crippen LogP contribution in [0.3, 0.4) is 0 Å². The van der Waals surface area contributed by atoms with E-state index < -0.39 is 5.97 Å². The average Bonchev–Trinajstić information content (AvgIpc) is 3.25. The van der Waals surface area contributed by atoms with Crippen molar-refractivity contribution in [2.75, 3.05) is 13.1 Å². The minimum Gasteiger partial charge on any atom is -0.481 e. The number of hydrogen-bond acceptors (Lipinski definition) is 3. The highest BCUT2D eigenvalue weighted by Gasteiger charge is 2.35. The van der Waals surface area contributed by atoms with E-state index in [2.05, 4.69) is 0 Å². The molecule has 1 aromatic carbocycles. The lowest BCUT2D eigenvalue weighted by molar-refractivity contribution is -0.139. The molecule has 0 saturated heterocycles. The molecule has 0 bridgehead atoms. The maximum Gasteiger partial charge on any atom is 0.305 e. The minimum atomic E-state index is -0.882. The monoisotopic (exact) mass is 276 g/mol. The first-order valence-electron chi connectivity index (χ1n) is 6.90. The van der Waals surface area contributed by atoms with Crippen LogP contribution >= 0.6 is 0 Å². The molecule has 0 aliphatic heterocycles. The Morgan fingerprint density at radius 1 is 1.30 bits per heavy atom. The van der Waals surface area contributed by atoms with E-state index in [4.69, 9.17) is 10.8 Å². The zero-order valence-electron chi connectivity index (χ0n) is 11.4. The number of rotatable bonds is 7. The van der Waals surface area contributed by atoms with E-state index in [1.165, 1.54) is 0 Å². The number of hydrogen-bond donors (Lipinski definition) is 2. The topological polar surface area (TPSA) is 83.6 Å². The van der Waals surface area contributed by atoms with Crippen LogP contribution in [0.1, 0.15) is 30.7 Å². The number of nitrogens with two attached hydrogens (primary N) is 1.